The monoisotopic (exact) mass is 449 g/mol. The molecule has 0 bridgehead atoms. The fourth-order valence-corrected chi connectivity index (χ4v) is 4.03. The molecular weight excluding hydrogens is 431 g/mol. The van der Waals surface area contributed by atoms with Crippen LogP contribution in [0.2, 0.25) is 10.3 Å². The lowest BCUT2D eigenvalue weighted by molar-refractivity contribution is -0.129. The molecule has 0 saturated heterocycles. The number of halogens is 4. The Morgan fingerprint density at radius 3 is 2.86 bits per heavy atom. The van der Waals surface area contributed by atoms with Crippen molar-refractivity contribution < 1.29 is 13.5 Å². The Labute approximate surface area is 174 Å². The first kappa shape index (κ1) is 21.2. The summed E-state index contributed by atoms with van der Waals surface area (Å²) in [6, 6.07) is 3.28. The number of ether oxygens (including phenoxy) is 1. The highest BCUT2D eigenvalue weighted by molar-refractivity contribution is 7.03. The zero-order valence-corrected chi connectivity index (χ0v) is 17.3. The van der Waals surface area contributed by atoms with E-state index in [1.165, 1.54) is 11.5 Å². The summed E-state index contributed by atoms with van der Waals surface area (Å²) in [5.74, 6) is 0. The lowest BCUT2D eigenvalue weighted by Crippen LogP contribution is -2.25. The van der Waals surface area contributed by atoms with Crippen molar-refractivity contribution >= 4 is 45.9 Å². The highest BCUT2D eigenvalue weighted by atomic mass is 35.5. The minimum Gasteiger partial charge on any atom is -0.378 e. The number of anilines is 1. The lowest BCUT2D eigenvalue weighted by atomic mass is 10.0. The summed E-state index contributed by atoms with van der Waals surface area (Å²) in [5.41, 5.74) is 10.3. The van der Waals surface area contributed by atoms with Crippen LogP contribution in [0.3, 0.4) is 0 Å². The van der Waals surface area contributed by atoms with Crippen molar-refractivity contribution in [3.05, 3.63) is 44.6 Å². The molecule has 0 aliphatic carbocycles. The first-order chi connectivity index (χ1) is 13.4. The molecule has 152 valence electrons. The van der Waals surface area contributed by atoms with Crippen LogP contribution in [0.25, 0.3) is 5.52 Å². The van der Waals surface area contributed by atoms with Crippen molar-refractivity contribution in [2.75, 3.05) is 11.9 Å². The second kappa shape index (κ2) is 9.32. The van der Waals surface area contributed by atoms with Gasteiger partial charge in [-0.1, -0.05) is 23.2 Å². The van der Waals surface area contributed by atoms with Gasteiger partial charge in [0.15, 0.2) is 5.15 Å². The van der Waals surface area contributed by atoms with Crippen molar-refractivity contribution in [1.29, 1.82) is 0 Å². The third kappa shape index (κ3) is 4.90. The second-order valence-electron chi connectivity index (χ2n) is 6.26. The average Bonchev–Trinajstić information content (AvgIpc) is 3.23. The van der Waals surface area contributed by atoms with E-state index in [9.17, 15) is 8.78 Å². The summed E-state index contributed by atoms with van der Waals surface area (Å²) in [5, 5.41) is 10.2. The third-order valence-corrected chi connectivity index (χ3v) is 5.49. The minimum atomic E-state index is -2.80. The molecule has 0 aliphatic heterocycles. The first-order valence-electron chi connectivity index (χ1n) is 8.51. The van der Waals surface area contributed by atoms with Crippen LogP contribution in [0.15, 0.2) is 17.5 Å². The van der Waals surface area contributed by atoms with E-state index in [1.54, 1.807) is 10.6 Å². The molecule has 1 atom stereocenters. The van der Waals surface area contributed by atoms with Crippen LogP contribution < -0.4 is 11.1 Å². The summed E-state index contributed by atoms with van der Waals surface area (Å²) in [6.45, 7) is -0.468. The molecule has 3 heterocycles. The van der Waals surface area contributed by atoms with E-state index in [1.807, 2.05) is 18.4 Å². The maximum atomic E-state index is 12.1. The van der Waals surface area contributed by atoms with E-state index in [4.69, 9.17) is 28.9 Å². The van der Waals surface area contributed by atoms with E-state index in [-0.39, 0.29) is 24.2 Å². The van der Waals surface area contributed by atoms with Gasteiger partial charge in [0.05, 0.1) is 30.0 Å². The Kier molecular flexibility index (Phi) is 7.05. The van der Waals surface area contributed by atoms with Gasteiger partial charge in [-0.3, -0.25) is 0 Å². The van der Waals surface area contributed by atoms with Gasteiger partial charge in [0.25, 0.3) is 0 Å². The lowest BCUT2D eigenvalue weighted by Gasteiger charge is -2.12. The van der Waals surface area contributed by atoms with Crippen LogP contribution in [-0.4, -0.2) is 33.2 Å². The molecule has 0 spiro atoms. The number of alkyl halides is 2. The molecule has 11 heteroatoms. The maximum Gasteiger partial charge on any atom is 0.345 e. The minimum absolute atomic E-state index is 0.118. The number of nitrogens with two attached hydrogens (primary N) is 1. The van der Waals surface area contributed by atoms with Crippen molar-refractivity contribution in [2.24, 2.45) is 5.73 Å². The third-order valence-electron chi connectivity index (χ3n) is 4.32. The molecule has 3 aromatic rings. The van der Waals surface area contributed by atoms with Gasteiger partial charge in [0, 0.05) is 17.5 Å². The normalized spacial score (nSPS) is 12.8. The highest BCUT2D eigenvalue weighted by Gasteiger charge is 2.20. The van der Waals surface area contributed by atoms with E-state index < -0.39 is 6.61 Å². The molecule has 6 nitrogen and oxygen atoms in total. The van der Waals surface area contributed by atoms with Crippen molar-refractivity contribution in [3.8, 4) is 0 Å². The zero-order valence-electron chi connectivity index (χ0n) is 15.0. The standard InChI is InChI=1S/C17H19Cl2F2N5OS/c1-9-12(6-10(22)2-4-27-17(20)21)16(19)26-15(9)13(7-14(18)24-26)23-8-11-3-5-28-25-11/h3,5,7,10,17,23H,2,4,6,8,22H2,1H3/t10-/m0/s1. The highest BCUT2D eigenvalue weighted by Crippen LogP contribution is 2.33. The Balaban J connectivity index is 1.85. The fraction of sp³-hybridized carbons (Fsp3) is 0.412. The maximum absolute atomic E-state index is 12.1. The molecule has 0 saturated carbocycles. The molecular formula is C17H19Cl2F2N5OS. The van der Waals surface area contributed by atoms with E-state index in [0.717, 1.165) is 28.0 Å². The summed E-state index contributed by atoms with van der Waals surface area (Å²) in [4.78, 5) is 0. The first-order valence-corrected chi connectivity index (χ1v) is 10.1. The Morgan fingerprint density at radius 2 is 2.18 bits per heavy atom. The number of nitrogens with zero attached hydrogens (tertiary/aromatic N) is 3. The Morgan fingerprint density at radius 1 is 1.39 bits per heavy atom. The van der Waals surface area contributed by atoms with Gasteiger partial charge in [0.1, 0.15) is 5.15 Å². The second-order valence-corrected chi connectivity index (χ2v) is 7.67. The predicted molar refractivity (Wildman–Crippen MR) is 108 cm³/mol. The summed E-state index contributed by atoms with van der Waals surface area (Å²) in [7, 11) is 0. The smallest absolute Gasteiger partial charge is 0.345 e. The number of hydrogen-bond acceptors (Lipinski definition) is 6. The van der Waals surface area contributed by atoms with Crippen LogP contribution in [0, 0.1) is 6.92 Å². The van der Waals surface area contributed by atoms with Gasteiger partial charge in [-0.05, 0) is 48.5 Å². The molecule has 3 aromatic heterocycles. The van der Waals surface area contributed by atoms with Crippen LogP contribution in [0.1, 0.15) is 23.2 Å². The summed E-state index contributed by atoms with van der Waals surface area (Å²) in [6.07, 6.45) is 0.694. The summed E-state index contributed by atoms with van der Waals surface area (Å²) >= 11 is 14.1. The molecule has 0 amide bonds. The van der Waals surface area contributed by atoms with Gasteiger partial charge in [-0.25, -0.2) is 4.52 Å². The average molecular weight is 450 g/mol. The molecule has 0 fully saturated rings. The van der Waals surface area contributed by atoms with Crippen molar-refractivity contribution in [3.63, 3.8) is 0 Å². The molecule has 0 unspecified atom stereocenters. The number of aryl methyl sites for hydroxylation is 1. The number of rotatable bonds is 9. The molecule has 28 heavy (non-hydrogen) atoms. The van der Waals surface area contributed by atoms with Gasteiger partial charge in [-0.2, -0.15) is 18.3 Å². The molecule has 0 aliphatic rings. The van der Waals surface area contributed by atoms with E-state index in [0.29, 0.717) is 18.1 Å². The van der Waals surface area contributed by atoms with Gasteiger partial charge in [-0.15, -0.1) is 0 Å². The van der Waals surface area contributed by atoms with Crippen LogP contribution in [0.4, 0.5) is 14.5 Å². The number of nitrogens with one attached hydrogen (secondary N) is 1. The quantitative estimate of drug-likeness (QED) is 0.502. The van der Waals surface area contributed by atoms with Gasteiger partial charge in [0.2, 0.25) is 0 Å². The number of aromatic nitrogens is 3. The van der Waals surface area contributed by atoms with Crippen molar-refractivity contribution in [2.45, 2.75) is 39.0 Å². The zero-order chi connectivity index (χ0) is 20.3. The fourth-order valence-electron chi connectivity index (χ4n) is 2.96. The topological polar surface area (TPSA) is 77.5 Å². The van der Waals surface area contributed by atoms with Gasteiger partial charge < -0.3 is 15.8 Å². The SMILES string of the molecule is Cc1c(C[C@@H](N)CCOC(F)F)c(Cl)n2nc(Cl)cc(NCc3ccsn3)c12. The Hall–Kier alpha value is -1.52. The Bertz CT molecular complexity index is 936. The molecule has 3 rings (SSSR count). The largest absolute Gasteiger partial charge is 0.378 e. The molecule has 0 radical (unpaired) electrons. The predicted octanol–water partition coefficient (Wildman–Crippen LogP) is 4.52. The van der Waals surface area contributed by atoms with E-state index in [2.05, 4.69) is 19.5 Å². The van der Waals surface area contributed by atoms with Gasteiger partial charge >= 0.3 is 6.61 Å². The van der Waals surface area contributed by atoms with Crippen LogP contribution in [-0.2, 0) is 17.7 Å². The molecule has 0 aromatic carbocycles. The molecule has 3 N–H and O–H groups in total. The van der Waals surface area contributed by atoms with Crippen LogP contribution in [0.5, 0.6) is 0 Å². The van der Waals surface area contributed by atoms with Crippen molar-refractivity contribution in [1.82, 2.24) is 14.0 Å². The number of fused-ring (bicyclic) bond motifs is 1. The number of hydrogen-bond donors (Lipinski definition) is 2. The van der Waals surface area contributed by atoms with Crippen LogP contribution >= 0.6 is 34.7 Å². The summed E-state index contributed by atoms with van der Waals surface area (Å²) < 4.78 is 34.4. The van der Waals surface area contributed by atoms with E-state index >= 15 is 0 Å².